The van der Waals surface area contributed by atoms with Gasteiger partial charge in [0.25, 0.3) is 0 Å². The Balaban J connectivity index is 2.01. The van der Waals surface area contributed by atoms with Crippen LogP contribution in [0.3, 0.4) is 0 Å². The third kappa shape index (κ3) is 1.77. The van der Waals surface area contributed by atoms with E-state index >= 15 is 0 Å². The molecule has 0 unspecified atom stereocenters. The second-order valence-corrected chi connectivity index (χ2v) is 5.36. The molecule has 0 heterocycles. The minimum Gasteiger partial charge on any atom is -0.0801 e. The fraction of sp³-hybridized carbons (Fsp3) is 0.100. The molecule has 0 nitrogen and oxygen atoms in total. The Labute approximate surface area is 119 Å². The van der Waals surface area contributed by atoms with Crippen molar-refractivity contribution in [3.63, 3.8) is 0 Å². The van der Waals surface area contributed by atoms with Crippen LogP contribution in [0.4, 0.5) is 0 Å². The third-order valence-corrected chi connectivity index (χ3v) is 4.14. The van der Waals surface area contributed by atoms with E-state index in [4.69, 9.17) is 0 Å². The molecule has 0 fully saturated rings. The fourth-order valence-electron chi connectivity index (χ4n) is 3.16. The van der Waals surface area contributed by atoms with E-state index < -0.39 is 0 Å². The molecule has 0 N–H and O–H groups in total. The van der Waals surface area contributed by atoms with Crippen molar-refractivity contribution in [2.24, 2.45) is 0 Å². The van der Waals surface area contributed by atoms with Gasteiger partial charge in [0, 0.05) is 0 Å². The minimum atomic E-state index is 1.04. The summed E-state index contributed by atoms with van der Waals surface area (Å²) in [6.45, 7) is 0. The molecular weight excluding hydrogens is 240 g/mol. The predicted molar refractivity (Wildman–Crippen MR) is 87.4 cm³/mol. The molecule has 96 valence electrons. The van der Waals surface area contributed by atoms with Gasteiger partial charge in [0.2, 0.25) is 0 Å². The Morgan fingerprint density at radius 3 is 2.20 bits per heavy atom. The lowest BCUT2D eigenvalue weighted by atomic mass is 9.89. The van der Waals surface area contributed by atoms with Crippen molar-refractivity contribution in [1.29, 1.82) is 0 Å². The SMILES string of the molecule is C1=CCC(c2ccc3ccccc3c2C2=CC=CC2)=C1. The van der Waals surface area contributed by atoms with Crippen molar-refractivity contribution in [3.05, 3.63) is 84.0 Å². The monoisotopic (exact) mass is 256 g/mol. The first kappa shape index (κ1) is 11.5. The zero-order valence-corrected chi connectivity index (χ0v) is 11.3. The summed E-state index contributed by atoms with van der Waals surface area (Å²) in [7, 11) is 0. The van der Waals surface area contributed by atoms with Crippen LogP contribution in [0.5, 0.6) is 0 Å². The van der Waals surface area contributed by atoms with Gasteiger partial charge in [0.05, 0.1) is 0 Å². The molecule has 0 radical (unpaired) electrons. The van der Waals surface area contributed by atoms with Gasteiger partial charge in [-0.25, -0.2) is 0 Å². The second-order valence-electron chi connectivity index (χ2n) is 5.36. The molecule has 0 atom stereocenters. The van der Waals surface area contributed by atoms with E-state index in [1.165, 1.54) is 33.0 Å². The van der Waals surface area contributed by atoms with E-state index in [9.17, 15) is 0 Å². The molecule has 0 saturated carbocycles. The van der Waals surface area contributed by atoms with Crippen LogP contribution in [0.15, 0.2) is 72.9 Å². The summed E-state index contributed by atoms with van der Waals surface area (Å²) in [5.74, 6) is 0. The van der Waals surface area contributed by atoms with Crippen LogP contribution < -0.4 is 0 Å². The molecule has 0 aliphatic heterocycles. The predicted octanol–water partition coefficient (Wildman–Crippen LogP) is 5.53. The largest absolute Gasteiger partial charge is 0.0801 e. The molecule has 0 aromatic heterocycles. The van der Waals surface area contributed by atoms with Crippen molar-refractivity contribution in [2.45, 2.75) is 12.8 Å². The first-order valence-corrected chi connectivity index (χ1v) is 7.17. The van der Waals surface area contributed by atoms with Crippen LogP contribution in [0.25, 0.3) is 21.9 Å². The van der Waals surface area contributed by atoms with Gasteiger partial charge in [-0.15, -0.1) is 0 Å². The summed E-state index contributed by atoms with van der Waals surface area (Å²) < 4.78 is 0. The Hall–Kier alpha value is -2.34. The molecule has 2 aromatic rings. The van der Waals surface area contributed by atoms with Gasteiger partial charge in [-0.2, -0.15) is 0 Å². The van der Waals surface area contributed by atoms with Crippen LogP contribution in [-0.2, 0) is 0 Å². The summed E-state index contributed by atoms with van der Waals surface area (Å²) in [6.07, 6.45) is 15.4. The van der Waals surface area contributed by atoms with Crippen LogP contribution >= 0.6 is 0 Å². The van der Waals surface area contributed by atoms with Gasteiger partial charge in [0.15, 0.2) is 0 Å². The van der Waals surface area contributed by atoms with Crippen LogP contribution in [0.1, 0.15) is 24.0 Å². The Morgan fingerprint density at radius 1 is 0.700 bits per heavy atom. The van der Waals surface area contributed by atoms with Crippen molar-refractivity contribution in [3.8, 4) is 0 Å². The van der Waals surface area contributed by atoms with Crippen molar-refractivity contribution in [1.82, 2.24) is 0 Å². The topological polar surface area (TPSA) is 0 Å². The normalized spacial score (nSPS) is 16.8. The molecule has 0 saturated heterocycles. The third-order valence-electron chi connectivity index (χ3n) is 4.14. The number of hydrogen-bond donors (Lipinski definition) is 0. The van der Waals surface area contributed by atoms with Gasteiger partial charge in [-0.1, -0.05) is 72.9 Å². The zero-order valence-electron chi connectivity index (χ0n) is 11.3. The molecule has 0 bridgehead atoms. The molecule has 0 amide bonds. The molecule has 20 heavy (non-hydrogen) atoms. The molecule has 4 rings (SSSR count). The van der Waals surface area contributed by atoms with Gasteiger partial charge in [-0.05, 0) is 45.9 Å². The highest BCUT2D eigenvalue weighted by Gasteiger charge is 2.15. The van der Waals surface area contributed by atoms with E-state index in [2.05, 4.69) is 72.9 Å². The Morgan fingerprint density at radius 2 is 1.45 bits per heavy atom. The molecule has 2 aromatic carbocycles. The second kappa shape index (κ2) is 4.64. The average Bonchev–Trinajstić information content (AvgIpc) is 3.19. The number of fused-ring (bicyclic) bond motifs is 1. The molecule has 2 aliphatic carbocycles. The molecule has 2 aliphatic rings. The van der Waals surface area contributed by atoms with E-state index in [1.54, 1.807) is 0 Å². The van der Waals surface area contributed by atoms with Crippen molar-refractivity contribution < 1.29 is 0 Å². The first-order chi connectivity index (χ1) is 9.93. The summed E-state index contributed by atoms with van der Waals surface area (Å²) in [6, 6.07) is 13.2. The van der Waals surface area contributed by atoms with Crippen LogP contribution in [-0.4, -0.2) is 0 Å². The highest BCUT2D eigenvalue weighted by atomic mass is 14.2. The van der Waals surface area contributed by atoms with E-state index in [0.717, 1.165) is 12.8 Å². The van der Waals surface area contributed by atoms with E-state index in [0.29, 0.717) is 0 Å². The standard InChI is InChI=1S/C20H16/c1-2-8-15(7-1)19-14-13-16-9-5-6-12-18(16)20(19)17-10-3-4-11-17/h1-7,9-10,12-14H,8,11H2. The lowest BCUT2D eigenvalue weighted by molar-refractivity contribution is 1.39. The molecule has 0 spiro atoms. The zero-order chi connectivity index (χ0) is 13.4. The summed E-state index contributed by atoms with van der Waals surface area (Å²) >= 11 is 0. The highest BCUT2D eigenvalue weighted by Crippen LogP contribution is 2.37. The highest BCUT2D eigenvalue weighted by molar-refractivity contribution is 6.00. The van der Waals surface area contributed by atoms with Crippen molar-refractivity contribution in [2.75, 3.05) is 0 Å². The maximum Gasteiger partial charge on any atom is -0.00673 e. The van der Waals surface area contributed by atoms with Gasteiger partial charge >= 0.3 is 0 Å². The van der Waals surface area contributed by atoms with Crippen LogP contribution in [0.2, 0.25) is 0 Å². The number of rotatable bonds is 2. The number of benzene rings is 2. The van der Waals surface area contributed by atoms with Gasteiger partial charge in [-0.3, -0.25) is 0 Å². The van der Waals surface area contributed by atoms with E-state index in [-0.39, 0.29) is 0 Å². The Kier molecular flexibility index (Phi) is 2.67. The summed E-state index contributed by atoms with van der Waals surface area (Å²) in [5, 5.41) is 2.69. The lowest BCUT2D eigenvalue weighted by Gasteiger charge is -2.15. The Bertz CT molecular complexity index is 798. The fourth-order valence-corrected chi connectivity index (χ4v) is 3.16. The number of hydrogen-bond acceptors (Lipinski definition) is 0. The summed E-state index contributed by atoms with van der Waals surface area (Å²) in [4.78, 5) is 0. The minimum absolute atomic E-state index is 1.04. The van der Waals surface area contributed by atoms with Crippen molar-refractivity contribution >= 4 is 21.9 Å². The maximum absolute atomic E-state index is 2.29. The van der Waals surface area contributed by atoms with E-state index in [1.807, 2.05) is 0 Å². The quantitative estimate of drug-likeness (QED) is 0.663. The smallest absolute Gasteiger partial charge is 0.00673 e. The molecule has 0 heteroatoms. The van der Waals surface area contributed by atoms with Gasteiger partial charge < -0.3 is 0 Å². The number of allylic oxidation sites excluding steroid dienone is 8. The van der Waals surface area contributed by atoms with Crippen LogP contribution in [0, 0.1) is 0 Å². The average molecular weight is 256 g/mol. The summed E-state index contributed by atoms with van der Waals surface area (Å²) in [5.41, 5.74) is 5.68. The first-order valence-electron chi connectivity index (χ1n) is 7.17. The lowest BCUT2D eigenvalue weighted by Crippen LogP contribution is -1.93. The van der Waals surface area contributed by atoms with Gasteiger partial charge in [0.1, 0.15) is 0 Å². The maximum atomic E-state index is 2.29. The molecular formula is C20H16.